The number of hydrogen-bond acceptors (Lipinski definition) is 6. The van der Waals surface area contributed by atoms with Crippen LogP contribution in [0, 0.1) is 0 Å². The monoisotopic (exact) mass is 427 g/mol. The van der Waals surface area contributed by atoms with E-state index in [0.717, 1.165) is 38.3 Å². The molecule has 3 aromatic rings. The van der Waals surface area contributed by atoms with Gasteiger partial charge in [-0.3, -0.25) is 4.90 Å². The Morgan fingerprint density at radius 3 is 2.77 bits per heavy atom. The zero-order valence-electron chi connectivity index (χ0n) is 17.3. The number of halogens is 1. The summed E-state index contributed by atoms with van der Waals surface area (Å²) in [7, 11) is 0. The van der Waals surface area contributed by atoms with Crippen molar-refractivity contribution >= 4 is 28.9 Å². The third-order valence-electron chi connectivity index (χ3n) is 5.46. The predicted molar refractivity (Wildman–Crippen MR) is 117 cm³/mol. The van der Waals surface area contributed by atoms with Gasteiger partial charge in [0.2, 0.25) is 0 Å². The first-order valence-electron chi connectivity index (χ1n) is 10.3. The Morgan fingerprint density at radius 1 is 1.23 bits per heavy atom. The van der Waals surface area contributed by atoms with Gasteiger partial charge in [-0.05, 0) is 18.9 Å². The van der Waals surface area contributed by atoms with Crippen LogP contribution in [0.5, 0.6) is 0 Å². The Balaban J connectivity index is 1.60. The van der Waals surface area contributed by atoms with Gasteiger partial charge in [-0.1, -0.05) is 48.9 Å². The summed E-state index contributed by atoms with van der Waals surface area (Å²) >= 11 is 6.31. The highest BCUT2D eigenvalue weighted by atomic mass is 35.5. The van der Waals surface area contributed by atoms with Crippen LogP contribution in [-0.2, 0) is 11.3 Å². The minimum Gasteiger partial charge on any atom is -0.461 e. The Bertz CT molecular complexity index is 1020. The number of fused-ring (bicyclic) bond motifs is 1. The van der Waals surface area contributed by atoms with Gasteiger partial charge in [-0.2, -0.15) is 5.10 Å². The number of nitrogens with zero attached hydrogens (tertiary/aromatic N) is 5. The van der Waals surface area contributed by atoms with Crippen molar-refractivity contribution in [3.8, 4) is 0 Å². The molecule has 0 radical (unpaired) electrons. The highest BCUT2D eigenvalue weighted by molar-refractivity contribution is 6.29. The molecule has 3 heterocycles. The van der Waals surface area contributed by atoms with Gasteiger partial charge >= 0.3 is 5.97 Å². The third kappa shape index (κ3) is 4.27. The average molecular weight is 428 g/mol. The van der Waals surface area contributed by atoms with Crippen molar-refractivity contribution in [3.63, 3.8) is 0 Å². The molecule has 158 valence electrons. The maximum atomic E-state index is 12.1. The van der Waals surface area contributed by atoms with Crippen molar-refractivity contribution in [2.75, 3.05) is 31.1 Å². The summed E-state index contributed by atoms with van der Waals surface area (Å²) in [4.78, 5) is 21.5. The van der Waals surface area contributed by atoms with E-state index >= 15 is 0 Å². The quantitative estimate of drug-likeness (QED) is 0.559. The van der Waals surface area contributed by atoms with E-state index in [4.69, 9.17) is 16.3 Å². The molecule has 0 saturated carbocycles. The number of carbonyl (C=O) groups is 1. The molecule has 0 aliphatic carbocycles. The lowest BCUT2D eigenvalue weighted by molar-refractivity contribution is 0.0520. The van der Waals surface area contributed by atoms with Crippen LogP contribution >= 0.6 is 11.6 Å². The Kier molecular flexibility index (Phi) is 6.20. The molecule has 1 aromatic carbocycles. The van der Waals surface area contributed by atoms with Crippen LogP contribution in [0.2, 0.25) is 5.15 Å². The predicted octanol–water partition coefficient (Wildman–Crippen LogP) is 3.66. The Hall–Kier alpha value is -2.64. The van der Waals surface area contributed by atoms with Crippen molar-refractivity contribution in [3.05, 3.63) is 59.0 Å². The number of anilines is 1. The van der Waals surface area contributed by atoms with E-state index in [-0.39, 0.29) is 5.69 Å². The van der Waals surface area contributed by atoms with E-state index in [1.807, 2.05) is 12.1 Å². The largest absolute Gasteiger partial charge is 0.461 e. The standard InChI is InChI=1S/C22H26ClN5O2/c1-3-17-14-26(13-16-8-6-5-7-9-16)10-11-27(17)19-12-20(23)25-28-15-18(24-21(19)28)22(29)30-4-2/h5-9,12,15,17H,3-4,10-11,13-14H2,1-2H3. The molecule has 0 bridgehead atoms. The van der Waals surface area contributed by atoms with E-state index in [9.17, 15) is 4.79 Å². The minimum atomic E-state index is -0.454. The third-order valence-corrected chi connectivity index (χ3v) is 5.64. The number of aromatic nitrogens is 3. The lowest BCUT2D eigenvalue weighted by atomic mass is 10.1. The van der Waals surface area contributed by atoms with E-state index < -0.39 is 5.97 Å². The van der Waals surface area contributed by atoms with E-state index in [2.05, 4.69) is 51.1 Å². The van der Waals surface area contributed by atoms with Gasteiger partial charge in [-0.15, -0.1) is 0 Å². The fourth-order valence-corrected chi connectivity index (χ4v) is 4.20. The van der Waals surface area contributed by atoms with Crippen molar-refractivity contribution < 1.29 is 9.53 Å². The molecule has 1 unspecified atom stereocenters. The van der Waals surface area contributed by atoms with Crippen LogP contribution in [0.1, 0.15) is 36.3 Å². The molecule has 0 N–H and O–H groups in total. The van der Waals surface area contributed by atoms with E-state index in [1.165, 1.54) is 5.56 Å². The second-order valence-corrected chi connectivity index (χ2v) is 7.83. The topological polar surface area (TPSA) is 63.0 Å². The number of carbonyl (C=O) groups excluding carboxylic acids is 1. The van der Waals surface area contributed by atoms with Gasteiger partial charge in [0.15, 0.2) is 16.5 Å². The number of rotatable bonds is 6. The molecule has 1 aliphatic rings. The summed E-state index contributed by atoms with van der Waals surface area (Å²) in [5.74, 6) is -0.454. The molecule has 4 rings (SSSR count). The second-order valence-electron chi connectivity index (χ2n) is 7.44. The number of hydrogen-bond donors (Lipinski definition) is 0. The van der Waals surface area contributed by atoms with Crippen molar-refractivity contribution in [2.24, 2.45) is 0 Å². The maximum absolute atomic E-state index is 12.1. The number of benzene rings is 1. The van der Waals surface area contributed by atoms with E-state index in [0.29, 0.717) is 23.4 Å². The minimum absolute atomic E-state index is 0.239. The number of esters is 1. The van der Waals surface area contributed by atoms with Crippen LogP contribution in [-0.4, -0.2) is 57.8 Å². The SMILES string of the molecule is CCOC(=O)c1cn2nc(Cl)cc(N3CCN(Cc4ccccc4)CC3CC)c2n1. The lowest BCUT2D eigenvalue weighted by Gasteiger charge is -2.42. The van der Waals surface area contributed by atoms with Crippen LogP contribution in [0.15, 0.2) is 42.6 Å². The summed E-state index contributed by atoms with van der Waals surface area (Å²) in [5, 5.41) is 4.66. The van der Waals surface area contributed by atoms with Gasteiger partial charge in [0.05, 0.1) is 18.5 Å². The van der Waals surface area contributed by atoms with Crippen molar-refractivity contribution in [1.29, 1.82) is 0 Å². The number of ether oxygens (including phenoxy) is 1. The fraction of sp³-hybridized carbons (Fsp3) is 0.409. The van der Waals surface area contributed by atoms with Crippen LogP contribution < -0.4 is 4.90 Å². The smallest absolute Gasteiger partial charge is 0.358 e. The highest BCUT2D eigenvalue weighted by Gasteiger charge is 2.29. The summed E-state index contributed by atoms with van der Waals surface area (Å²) in [6.07, 6.45) is 2.57. The molecule has 8 heteroatoms. The van der Waals surface area contributed by atoms with Crippen LogP contribution in [0.25, 0.3) is 5.65 Å². The molecule has 2 aromatic heterocycles. The lowest BCUT2D eigenvalue weighted by Crippen LogP contribution is -2.52. The summed E-state index contributed by atoms with van der Waals surface area (Å²) in [6, 6.07) is 12.7. The van der Waals surface area contributed by atoms with Gasteiger partial charge < -0.3 is 9.64 Å². The normalized spacial score (nSPS) is 17.4. The molecule has 30 heavy (non-hydrogen) atoms. The molecule has 1 saturated heterocycles. The van der Waals surface area contributed by atoms with Crippen LogP contribution in [0.4, 0.5) is 5.69 Å². The molecule has 1 atom stereocenters. The van der Waals surface area contributed by atoms with Crippen molar-refractivity contribution in [1.82, 2.24) is 19.5 Å². The first-order chi connectivity index (χ1) is 14.6. The molecule has 7 nitrogen and oxygen atoms in total. The number of piperazine rings is 1. The fourth-order valence-electron chi connectivity index (χ4n) is 4.02. The zero-order valence-corrected chi connectivity index (χ0v) is 18.0. The van der Waals surface area contributed by atoms with Crippen LogP contribution in [0.3, 0.4) is 0 Å². The van der Waals surface area contributed by atoms with Gasteiger partial charge in [0.25, 0.3) is 0 Å². The summed E-state index contributed by atoms with van der Waals surface area (Å²) in [6.45, 7) is 7.94. The molecular formula is C22H26ClN5O2. The first kappa shape index (κ1) is 20.6. The maximum Gasteiger partial charge on any atom is 0.358 e. The van der Waals surface area contributed by atoms with Gasteiger partial charge in [0.1, 0.15) is 0 Å². The molecule has 1 fully saturated rings. The summed E-state index contributed by atoms with van der Waals surface area (Å²) < 4.78 is 6.67. The van der Waals surface area contributed by atoms with Crippen molar-refractivity contribution in [2.45, 2.75) is 32.9 Å². The van der Waals surface area contributed by atoms with E-state index in [1.54, 1.807) is 17.6 Å². The molecule has 0 spiro atoms. The summed E-state index contributed by atoms with van der Waals surface area (Å²) in [5.41, 5.74) is 3.08. The molecule has 1 aliphatic heterocycles. The molecule has 0 amide bonds. The Morgan fingerprint density at radius 2 is 2.03 bits per heavy atom. The number of imidazole rings is 1. The first-order valence-corrected chi connectivity index (χ1v) is 10.7. The second kappa shape index (κ2) is 9.02. The zero-order chi connectivity index (χ0) is 21.1. The Labute approximate surface area is 181 Å². The highest BCUT2D eigenvalue weighted by Crippen LogP contribution is 2.29. The average Bonchev–Trinajstić information content (AvgIpc) is 3.18. The van der Waals surface area contributed by atoms with Gasteiger partial charge in [-0.25, -0.2) is 14.3 Å². The molecular weight excluding hydrogens is 402 g/mol. The van der Waals surface area contributed by atoms with Gasteiger partial charge in [0, 0.05) is 38.3 Å².